The van der Waals surface area contributed by atoms with E-state index in [1.807, 2.05) is 0 Å². The van der Waals surface area contributed by atoms with Crippen LogP contribution in [0.2, 0.25) is 0 Å². The van der Waals surface area contributed by atoms with Gasteiger partial charge in [0.25, 0.3) is 0 Å². The molecule has 0 bridgehead atoms. The van der Waals surface area contributed by atoms with Crippen LogP contribution in [0.3, 0.4) is 0 Å². The second-order valence-electron chi connectivity index (χ2n) is 4.91. The van der Waals surface area contributed by atoms with Crippen molar-refractivity contribution in [2.75, 3.05) is 6.54 Å². The molecule has 1 rings (SSSR count). The predicted octanol–water partition coefficient (Wildman–Crippen LogP) is 3.45. The summed E-state index contributed by atoms with van der Waals surface area (Å²) >= 11 is 3.18. The molecule has 1 aromatic rings. The molecule has 23 heavy (non-hydrogen) atoms. The standard InChI is InChI=1S/C15H17BrF3N3O/c1-2-3-12(14(23)21-9-8-20)22-13(15(17,18)19)10-4-6-11(16)7-5-10/h4-7,12-13,22H,2-3,9H2,1H3,(H,21,23). The minimum Gasteiger partial charge on any atom is -0.342 e. The average molecular weight is 392 g/mol. The SMILES string of the molecule is CCCC(NC(c1ccc(Br)cc1)C(F)(F)F)C(=O)NCC#N. The van der Waals surface area contributed by atoms with Crippen molar-refractivity contribution in [2.24, 2.45) is 0 Å². The Morgan fingerprint density at radius 1 is 1.35 bits per heavy atom. The number of alkyl halides is 3. The molecule has 4 nitrogen and oxygen atoms in total. The molecule has 0 saturated heterocycles. The van der Waals surface area contributed by atoms with Gasteiger partial charge >= 0.3 is 6.18 Å². The van der Waals surface area contributed by atoms with Crippen LogP contribution in [0, 0.1) is 11.3 Å². The Balaban J connectivity index is 2.99. The fourth-order valence-electron chi connectivity index (χ4n) is 2.06. The van der Waals surface area contributed by atoms with Crippen molar-refractivity contribution in [2.45, 2.75) is 38.0 Å². The van der Waals surface area contributed by atoms with Crippen LogP contribution in [-0.4, -0.2) is 24.7 Å². The maximum Gasteiger partial charge on any atom is 0.407 e. The van der Waals surface area contributed by atoms with Crippen LogP contribution in [0.15, 0.2) is 28.7 Å². The van der Waals surface area contributed by atoms with Gasteiger partial charge in [0.15, 0.2) is 0 Å². The first-order valence-corrected chi connectivity index (χ1v) is 7.81. The number of benzene rings is 1. The van der Waals surface area contributed by atoms with Crippen molar-refractivity contribution < 1.29 is 18.0 Å². The molecule has 0 spiro atoms. The van der Waals surface area contributed by atoms with E-state index in [2.05, 4.69) is 26.6 Å². The lowest BCUT2D eigenvalue weighted by atomic mass is 10.0. The normalized spacial score (nSPS) is 13.9. The molecule has 0 heterocycles. The molecule has 0 aliphatic rings. The number of carbonyl (C=O) groups is 1. The number of rotatable bonds is 7. The first-order valence-electron chi connectivity index (χ1n) is 7.02. The van der Waals surface area contributed by atoms with Crippen LogP contribution >= 0.6 is 15.9 Å². The zero-order valence-corrected chi connectivity index (χ0v) is 14.0. The predicted molar refractivity (Wildman–Crippen MR) is 83.4 cm³/mol. The molecule has 8 heteroatoms. The fourth-order valence-corrected chi connectivity index (χ4v) is 2.33. The monoisotopic (exact) mass is 391 g/mol. The van der Waals surface area contributed by atoms with Crippen LogP contribution < -0.4 is 10.6 Å². The number of nitrogens with one attached hydrogen (secondary N) is 2. The first-order chi connectivity index (χ1) is 10.8. The molecule has 0 fully saturated rings. The topological polar surface area (TPSA) is 64.9 Å². The Bertz CT molecular complexity index is 555. The van der Waals surface area contributed by atoms with E-state index in [9.17, 15) is 18.0 Å². The molecule has 1 amide bonds. The maximum absolute atomic E-state index is 13.4. The van der Waals surface area contributed by atoms with Crippen molar-refractivity contribution >= 4 is 21.8 Å². The molecule has 2 atom stereocenters. The third kappa shape index (κ3) is 6.20. The summed E-state index contributed by atoms with van der Waals surface area (Å²) in [5.41, 5.74) is 0.0230. The van der Waals surface area contributed by atoms with Gasteiger partial charge in [-0.3, -0.25) is 10.1 Å². The quantitative estimate of drug-likeness (QED) is 0.699. The molecule has 0 aromatic heterocycles. The molecular weight excluding hydrogens is 375 g/mol. The van der Waals surface area contributed by atoms with E-state index in [1.54, 1.807) is 13.0 Å². The number of nitriles is 1. The number of amides is 1. The largest absolute Gasteiger partial charge is 0.407 e. The van der Waals surface area contributed by atoms with E-state index in [0.29, 0.717) is 10.9 Å². The Labute approximate surface area is 141 Å². The summed E-state index contributed by atoms with van der Waals surface area (Å²) in [5.74, 6) is -0.611. The van der Waals surface area contributed by atoms with Crippen molar-refractivity contribution in [3.05, 3.63) is 34.3 Å². The number of nitrogens with zero attached hydrogens (tertiary/aromatic N) is 1. The van der Waals surface area contributed by atoms with Gasteiger partial charge in [0.1, 0.15) is 12.6 Å². The van der Waals surface area contributed by atoms with Gasteiger partial charge in [-0.2, -0.15) is 18.4 Å². The molecular formula is C15H17BrF3N3O. The summed E-state index contributed by atoms with van der Waals surface area (Å²) in [6, 6.07) is 4.48. The zero-order chi connectivity index (χ0) is 17.5. The van der Waals surface area contributed by atoms with Crippen LogP contribution in [-0.2, 0) is 4.79 Å². The van der Waals surface area contributed by atoms with Gasteiger partial charge in [-0.25, -0.2) is 0 Å². The number of hydrogen-bond acceptors (Lipinski definition) is 3. The molecule has 1 aromatic carbocycles. The molecule has 126 valence electrons. The van der Waals surface area contributed by atoms with E-state index in [-0.39, 0.29) is 18.5 Å². The first kappa shape index (κ1) is 19.5. The Morgan fingerprint density at radius 3 is 2.43 bits per heavy atom. The van der Waals surface area contributed by atoms with Gasteiger partial charge in [0.2, 0.25) is 5.91 Å². The molecule has 0 saturated carbocycles. The van der Waals surface area contributed by atoms with E-state index in [0.717, 1.165) is 0 Å². The van der Waals surface area contributed by atoms with Gasteiger partial charge < -0.3 is 5.32 Å². The molecule has 2 N–H and O–H groups in total. The van der Waals surface area contributed by atoms with Gasteiger partial charge in [-0.05, 0) is 24.1 Å². The van der Waals surface area contributed by atoms with Gasteiger partial charge in [0, 0.05) is 4.47 Å². The van der Waals surface area contributed by atoms with Gasteiger partial charge in [-0.15, -0.1) is 0 Å². The molecule has 0 radical (unpaired) electrons. The van der Waals surface area contributed by atoms with Gasteiger partial charge in [0.05, 0.1) is 12.1 Å². The Morgan fingerprint density at radius 2 is 1.96 bits per heavy atom. The Hall–Kier alpha value is -1.59. The van der Waals surface area contributed by atoms with Gasteiger partial charge in [-0.1, -0.05) is 41.4 Å². The summed E-state index contributed by atoms with van der Waals surface area (Å²) in [7, 11) is 0. The average Bonchev–Trinajstić information content (AvgIpc) is 2.49. The second-order valence-corrected chi connectivity index (χ2v) is 5.83. The minimum atomic E-state index is -4.55. The summed E-state index contributed by atoms with van der Waals surface area (Å²) in [4.78, 5) is 11.9. The third-order valence-corrected chi connectivity index (χ3v) is 3.66. The summed E-state index contributed by atoms with van der Waals surface area (Å²) in [6.45, 7) is 1.53. The lowest BCUT2D eigenvalue weighted by molar-refractivity contribution is -0.161. The zero-order valence-electron chi connectivity index (χ0n) is 12.5. The summed E-state index contributed by atoms with van der Waals surface area (Å²) < 4.78 is 40.8. The summed E-state index contributed by atoms with van der Waals surface area (Å²) in [6.07, 6.45) is -3.78. The second kappa shape index (κ2) is 8.89. The highest BCUT2D eigenvalue weighted by atomic mass is 79.9. The highest BCUT2D eigenvalue weighted by molar-refractivity contribution is 9.10. The smallest absolute Gasteiger partial charge is 0.342 e. The lowest BCUT2D eigenvalue weighted by Crippen LogP contribution is -2.49. The lowest BCUT2D eigenvalue weighted by Gasteiger charge is -2.27. The highest BCUT2D eigenvalue weighted by Gasteiger charge is 2.42. The van der Waals surface area contributed by atoms with E-state index < -0.39 is 24.2 Å². The highest BCUT2D eigenvalue weighted by Crippen LogP contribution is 2.33. The molecule has 0 aliphatic heterocycles. The molecule has 0 aliphatic carbocycles. The summed E-state index contributed by atoms with van der Waals surface area (Å²) in [5, 5.41) is 13.1. The Kier molecular flexibility index (Phi) is 7.52. The van der Waals surface area contributed by atoms with Crippen LogP contribution in [0.5, 0.6) is 0 Å². The van der Waals surface area contributed by atoms with Crippen LogP contribution in [0.25, 0.3) is 0 Å². The van der Waals surface area contributed by atoms with Crippen LogP contribution in [0.4, 0.5) is 13.2 Å². The maximum atomic E-state index is 13.4. The number of halogens is 4. The van der Waals surface area contributed by atoms with Crippen LogP contribution in [0.1, 0.15) is 31.4 Å². The van der Waals surface area contributed by atoms with Crippen molar-refractivity contribution in [3.8, 4) is 6.07 Å². The molecule has 2 unspecified atom stereocenters. The number of carbonyl (C=O) groups excluding carboxylic acids is 1. The third-order valence-electron chi connectivity index (χ3n) is 3.13. The van der Waals surface area contributed by atoms with Crippen molar-refractivity contribution in [1.82, 2.24) is 10.6 Å². The van der Waals surface area contributed by atoms with E-state index in [4.69, 9.17) is 5.26 Å². The fraction of sp³-hybridized carbons (Fsp3) is 0.467. The minimum absolute atomic E-state index is 0.0230. The van der Waals surface area contributed by atoms with Crippen molar-refractivity contribution in [3.63, 3.8) is 0 Å². The van der Waals surface area contributed by atoms with Crippen molar-refractivity contribution in [1.29, 1.82) is 5.26 Å². The number of hydrogen-bond donors (Lipinski definition) is 2. The van der Waals surface area contributed by atoms with E-state index in [1.165, 1.54) is 24.3 Å². The van der Waals surface area contributed by atoms with E-state index >= 15 is 0 Å².